The molecule has 1 aliphatic rings. The average molecular weight is 261 g/mol. The number of aryl methyl sites for hydroxylation is 2. The molecule has 2 rings (SSSR count). The van der Waals surface area contributed by atoms with E-state index in [-0.39, 0.29) is 5.91 Å². The highest BCUT2D eigenvalue weighted by Crippen LogP contribution is 2.16. The summed E-state index contributed by atoms with van der Waals surface area (Å²) in [6, 6.07) is 0. The Morgan fingerprint density at radius 2 is 2.26 bits per heavy atom. The first kappa shape index (κ1) is 13.8. The summed E-state index contributed by atoms with van der Waals surface area (Å²) in [5.74, 6) is 0.117. The fourth-order valence-electron chi connectivity index (χ4n) is 2.38. The molecule has 1 aromatic heterocycles. The van der Waals surface area contributed by atoms with Crippen LogP contribution >= 0.6 is 0 Å². The van der Waals surface area contributed by atoms with Crippen LogP contribution in [-0.2, 0) is 11.2 Å². The lowest BCUT2D eigenvalue weighted by atomic mass is 10.00. The molecule has 0 fully saturated rings. The van der Waals surface area contributed by atoms with Crippen molar-refractivity contribution >= 4 is 5.91 Å². The highest BCUT2D eigenvalue weighted by Gasteiger charge is 2.09. The summed E-state index contributed by atoms with van der Waals surface area (Å²) in [5.41, 5.74) is 4.64. The first-order valence-electron chi connectivity index (χ1n) is 7.12. The zero-order valence-corrected chi connectivity index (χ0v) is 11.9. The van der Waals surface area contributed by atoms with E-state index >= 15 is 0 Å². The molecular weight excluding hydrogens is 238 g/mol. The van der Waals surface area contributed by atoms with Crippen LogP contribution in [0.25, 0.3) is 0 Å². The molecule has 0 atom stereocenters. The van der Waals surface area contributed by atoms with Gasteiger partial charge in [0.1, 0.15) is 0 Å². The number of nitrogens with zero attached hydrogens (tertiary/aromatic N) is 1. The molecule has 1 heterocycles. The Labute approximate surface area is 114 Å². The van der Waals surface area contributed by atoms with Crippen LogP contribution in [0.1, 0.15) is 49.1 Å². The first-order chi connectivity index (χ1) is 9.16. The van der Waals surface area contributed by atoms with Gasteiger partial charge in [-0.15, -0.1) is 0 Å². The van der Waals surface area contributed by atoms with Gasteiger partial charge in [0.15, 0.2) is 0 Å². The Balaban J connectivity index is 1.72. The van der Waals surface area contributed by atoms with Crippen LogP contribution in [0.5, 0.6) is 0 Å². The van der Waals surface area contributed by atoms with E-state index < -0.39 is 0 Å². The SMILES string of the molecule is Cc1[nH]nc(CCC(=O)NCC2=CCCCC2)c1C. The third-order valence-electron chi connectivity index (χ3n) is 3.84. The molecule has 0 spiro atoms. The number of carbonyl (C=O) groups is 1. The molecule has 0 radical (unpaired) electrons. The second kappa shape index (κ2) is 6.55. The number of H-pyrrole nitrogens is 1. The second-order valence-corrected chi connectivity index (χ2v) is 5.31. The van der Waals surface area contributed by atoms with Gasteiger partial charge in [0, 0.05) is 25.1 Å². The number of nitrogens with one attached hydrogen (secondary N) is 2. The zero-order chi connectivity index (χ0) is 13.7. The van der Waals surface area contributed by atoms with E-state index in [0.29, 0.717) is 12.8 Å². The highest BCUT2D eigenvalue weighted by atomic mass is 16.1. The Kier molecular flexibility index (Phi) is 4.77. The van der Waals surface area contributed by atoms with Crippen molar-refractivity contribution in [2.24, 2.45) is 0 Å². The first-order valence-corrected chi connectivity index (χ1v) is 7.12. The Hall–Kier alpha value is -1.58. The molecule has 4 heteroatoms. The lowest BCUT2D eigenvalue weighted by molar-refractivity contribution is -0.120. The predicted octanol–water partition coefficient (Wildman–Crippen LogP) is 2.58. The maximum Gasteiger partial charge on any atom is 0.220 e. The van der Waals surface area contributed by atoms with Crippen LogP contribution < -0.4 is 5.32 Å². The molecule has 0 aromatic carbocycles. The summed E-state index contributed by atoms with van der Waals surface area (Å²) in [7, 11) is 0. The van der Waals surface area contributed by atoms with Crippen molar-refractivity contribution in [1.82, 2.24) is 15.5 Å². The van der Waals surface area contributed by atoms with Gasteiger partial charge in [0.05, 0.1) is 5.69 Å². The van der Waals surface area contributed by atoms with Gasteiger partial charge in [-0.1, -0.05) is 11.6 Å². The number of aromatic amines is 1. The fourth-order valence-corrected chi connectivity index (χ4v) is 2.38. The van der Waals surface area contributed by atoms with Crippen LogP contribution in [-0.4, -0.2) is 22.6 Å². The number of allylic oxidation sites excluding steroid dienone is 1. The van der Waals surface area contributed by atoms with Gasteiger partial charge in [-0.05, 0) is 45.1 Å². The largest absolute Gasteiger partial charge is 0.352 e. The quantitative estimate of drug-likeness (QED) is 0.800. The van der Waals surface area contributed by atoms with E-state index in [0.717, 1.165) is 30.8 Å². The molecular formula is C15H23N3O. The Bertz CT molecular complexity index is 474. The third kappa shape index (κ3) is 3.94. The molecule has 19 heavy (non-hydrogen) atoms. The standard InChI is InChI=1S/C15H23N3O/c1-11-12(2)17-18-14(11)8-9-15(19)16-10-13-6-4-3-5-7-13/h6H,3-5,7-10H2,1-2H3,(H,16,19)(H,17,18). The molecule has 0 aliphatic heterocycles. The summed E-state index contributed by atoms with van der Waals surface area (Å²) >= 11 is 0. The van der Waals surface area contributed by atoms with Crippen molar-refractivity contribution in [3.05, 3.63) is 28.6 Å². The number of aromatic nitrogens is 2. The Morgan fingerprint density at radius 3 is 2.89 bits per heavy atom. The van der Waals surface area contributed by atoms with E-state index in [2.05, 4.69) is 21.6 Å². The van der Waals surface area contributed by atoms with Crippen molar-refractivity contribution in [2.45, 2.75) is 52.4 Å². The molecule has 1 aromatic rings. The molecule has 1 aliphatic carbocycles. The molecule has 0 bridgehead atoms. The number of hydrogen-bond donors (Lipinski definition) is 2. The molecule has 0 unspecified atom stereocenters. The topological polar surface area (TPSA) is 57.8 Å². The summed E-state index contributed by atoms with van der Waals surface area (Å²) in [5, 5.41) is 10.2. The highest BCUT2D eigenvalue weighted by molar-refractivity contribution is 5.76. The maximum absolute atomic E-state index is 11.8. The van der Waals surface area contributed by atoms with E-state index in [1.165, 1.54) is 24.0 Å². The number of carbonyl (C=O) groups excluding carboxylic acids is 1. The third-order valence-corrected chi connectivity index (χ3v) is 3.84. The van der Waals surface area contributed by atoms with Gasteiger partial charge in [0.2, 0.25) is 5.91 Å². The van der Waals surface area contributed by atoms with Gasteiger partial charge in [-0.25, -0.2) is 0 Å². The molecule has 0 saturated carbocycles. The van der Waals surface area contributed by atoms with Crippen molar-refractivity contribution < 1.29 is 4.79 Å². The van der Waals surface area contributed by atoms with Gasteiger partial charge >= 0.3 is 0 Å². The van der Waals surface area contributed by atoms with Gasteiger partial charge in [-0.2, -0.15) is 5.10 Å². The van der Waals surface area contributed by atoms with Crippen LogP contribution in [0.15, 0.2) is 11.6 Å². The number of rotatable bonds is 5. The summed E-state index contributed by atoms with van der Waals surface area (Å²) in [6.07, 6.45) is 8.34. The normalized spacial score (nSPS) is 15.2. The minimum Gasteiger partial charge on any atom is -0.352 e. The van der Waals surface area contributed by atoms with Gasteiger partial charge < -0.3 is 5.32 Å². The lowest BCUT2D eigenvalue weighted by Gasteiger charge is -2.13. The average Bonchev–Trinajstić information content (AvgIpc) is 2.75. The number of hydrogen-bond acceptors (Lipinski definition) is 2. The van der Waals surface area contributed by atoms with Crippen LogP contribution in [0.4, 0.5) is 0 Å². The van der Waals surface area contributed by atoms with Crippen molar-refractivity contribution in [1.29, 1.82) is 0 Å². The van der Waals surface area contributed by atoms with Crippen LogP contribution in [0, 0.1) is 13.8 Å². The Morgan fingerprint density at radius 1 is 1.42 bits per heavy atom. The molecule has 2 N–H and O–H groups in total. The van der Waals surface area contributed by atoms with Gasteiger partial charge in [0.25, 0.3) is 0 Å². The van der Waals surface area contributed by atoms with E-state index in [4.69, 9.17) is 0 Å². The molecule has 0 saturated heterocycles. The predicted molar refractivity (Wildman–Crippen MR) is 75.9 cm³/mol. The van der Waals surface area contributed by atoms with Crippen LogP contribution in [0.2, 0.25) is 0 Å². The molecule has 104 valence electrons. The smallest absolute Gasteiger partial charge is 0.220 e. The number of amides is 1. The maximum atomic E-state index is 11.8. The summed E-state index contributed by atoms with van der Waals surface area (Å²) in [6.45, 7) is 4.76. The van der Waals surface area contributed by atoms with Crippen LogP contribution in [0.3, 0.4) is 0 Å². The summed E-state index contributed by atoms with van der Waals surface area (Å²) < 4.78 is 0. The van der Waals surface area contributed by atoms with E-state index in [1.807, 2.05) is 13.8 Å². The minimum absolute atomic E-state index is 0.117. The minimum atomic E-state index is 0.117. The molecule has 4 nitrogen and oxygen atoms in total. The fraction of sp³-hybridized carbons (Fsp3) is 0.600. The van der Waals surface area contributed by atoms with E-state index in [1.54, 1.807) is 0 Å². The van der Waals surface area contributed by atoms with Crippen molar-refractivity contribution in [3.8, 4) is 0 Å². The second-order valence-electron chi connectivity index (χ2n) is 5.31. The zero-order valence-electron chi connectivity index (χ0n) is 11.9. The lowest BCUT2D eigenvalue weighted by Crippen LogP contribution is -2.26. The molecule has 1 amide bonds. The van der Waals surface area contributed by atoms with E-state index in [9.17, 15) is 4.79 Å². The van der Waals surface area contributed by atoms with Gasteiger partial charge in [-0.3, -0.25) is 9.89 Å². The van der Waals surface area contributed by atoms with Crippen molar-refractivity contribution in [2.75, 3.05) is 6.54 Å². The summed E-state index contributed by atoms with van der Waals surface area (Å²) in [4.78, 5) is 11.8. The monoisotopic (exact) mass is 261 g/mol. The van der Waals surface area contributed by atoms with Crippen molar-refractivity contribution in [3.63, 3.8) is 0 Å².